The molecule has 0 aliphatic carbocycles. The molecule has 0 saturated heterocycles. The number of benzene rings is 1. The Labute approximate surface area is 143 Å². The summed E-state index contributed by atoms with van der Waals surface area (Å²) in [6.45, 7) is 8.28. The third-order valence-corrected chi connectivity index (χ3v) is 4.04. The van der Waals surface area contributed by atoms with E-state index in [4.69, 9.17) is 9.84 Å². The fraction of sp³-hybridized carbons (Fsp3) is 0.450. The number of hydrogen-bond donors (Lipinski definition) is 2. The first-order valence-corrected chi connectivity index (χ1v) is 8.58. The molecule has 0 unspecified atom stereocenters. The molecule has 4 nitrogen and oxygen atoms in total. The van der Waals surface area contributed by atoms with Gasteiger partial charge in [0.2, 0.25) is 0 Å². The van der Waals surface area contributed by atoms with E-state index >= 15 is 0 Å². The molecule has 130 valence electrons. The lowest BCUT2D eigenvalue weighted by molar-refractivity contribution is -0.136. The number of H-pyrrole nitrogens is 1. The highest BCUT2D eigenvalue weighted by Crippen LogP contribution is 2.29. The van der Waals surface area contributed by atoms with Gasteiger partial charge in [-0.05, 0) is 62.9 Å². The summed E-state index contributed by atoms with van der Waals surface area (Å²) in [5, 5.41) is 10.0. The predicted octanol–water partition coefficient (Wildman–Crippen LogP) is 4.87. The number of aryl methyl sites for hydroxylation is 2. The third kappa shape index (κ3) is 4.40. The minimum absolute atomic E-state index is 0.137. The Kier molecular flexibility index (Phi) is 5.71. The van der Waals surface area contributed by atoms with Gasteiger partial charge in [-0.2, -0.15) is 0 Å². The van der Waals surface area contributed by atoms with Crippen molar-refractivity contribution in [1.29, 1.82) is 0 Å². The van der Waals surface area contributed by atoms with Gasteiger partial charge in [-0.15, -0.1) is 0 Å². The summed E-state index contributed by atoms with van der Waals surface area (Å²) in [6.07, 6.45) is 6.68. The number of hydrogen-bond acceptors (Lipinski definition) is 2. The Morgan fingerprint density at radius 2 is 2.08 bits per heavy atom. The molecule has 0 atom stereocenters. The number of carbonyl (C=O) groups is 1. The molecule has 0 radical (unpaired) electrons. The van der Waals surface area contributed by atoms with Crippen molar-refractivity contribution in [2.45, 2.75) is 59.0 Å². The highest BCUT2D eigenvalue weighted by atomic mass is 16.5. The zero-order chi connectivity index (χ0) is 17.7. The lowest BCUT2D eigenvalue weighted by atomic mass is 10.0. The van der Waals surface area contributed by atoms with Crippen molar-refractivity contribution in [3.8, 4) is 5.75 Å². The first-order chi connectivity index (χ1) is 11.4. The Morgan fingerprint density at radius 1 is 1.33 bits per heavy atom. The summed E-state index contributed by atoms with van der Waals surface area (Å²) in [6, 6.07) is 6.02. The molecular formula is C20H27NO3. The monoisotopic (exact) mass is 329 g/mol. The van der Waals surface area contributed by atoms with Gasteiger partial charge in [-0.1, -0.05) is 19.9 Å². The molecule has 0 spiro atoms. The first kappa shape index (κ1) is 18.1. The van der Waals surface area contributed by atoms with Crippen molar-refractivity contribution in [3.05, 3.63) is 41.6 Å². The van der Waals surface area contributed by atoms with Gasteiger partial charge in [0.1, 0.15) is 11.4 Å². The van der Waals surface area contributed by atoms with Crippen LogP contribution in [-0.2, 0) is 17.6 Å². The second-order valence-corrected chi connectivity index (χ2v) is 6.55. The van der Waals surface area contributed by atoms with Crippen LogP contribution in [0.4, 0.5) is 0 Å². The van der Waals surface area contributed by atoms with Gasteiger partial charge in [-0.25, -0.2) is 0 Å². The van der Waals surface area contributed by atoms with Gasteiger partial charge in [0.25, 0.3) is 0 Å². The number of aromatic amines is 1. The third-order valence-electron chi connectivity index (χ3n) is 4.04. The van der Waals surface area contributed by atoms with E-state index in [-0.39, 0.29) is 12.0 Å². The molecule has 2 N–H and O–H groups in total. The van der Waals surface area contributed by atoms with Gasteiger partial charge in [0, 0.05) is 16.6 Å². The molecule has 0 fully saturated rings. The van der Waals surface area contributed by atoms with E-state index in [9.17, 15) is 4.79 Å². The van der Waals surface area contributed by atoms with E-state index in [2.05, 4.69) is 37.0 Å². The van der Waals surface area contributed by atoms with E-state index < -0.39 is 5.97 Å². The summed E-state index contributed by atoms with van der Waals surface area (Å²) >= 11 is 0. The van der Waals surface area contributed by atoms with Crippen LogP contribution in [0.1, 0.15) is 51.8 Å². The molecule has 0 aliphatic rings. The molecule has 1 heterocycles. The number of rotatable bonds is 8. The number of allylic oxidation sites excluding steroid dienone is 1. The molecule has 2 aromatic rings. The van der Waals surface area contributed by atoms with Crippen LogP contribution in [-0.4, -0.2) is 21.7 Å². The van der Waals surface area contributed by atoms with Gasteiger partial charge in [0.15, 0.2) is 0 Å². The summed E-state index contributed by atoms with van der Waals surface area (Å²) in [5.41, 5.74) is 2.86. The van der Waals surface area contributed by atoms with Gasteiger partial charge < -0.3 is 14.8 Å². The number of carboxylic acids is 1. The van der Waals surface area contributed by atoms with Gasteiger partial charge >= 0.3 is 5.97 Å². The number of aliphatic carboxylic acids is 1. The fourth-order valence-corrected chi connectivity index (χ4v) is 2.93. The Balaban J connectivity index is 2.32. The normalized spacial score (nSPS) is 12.2. The molecule has 0 saturated carbocycles. The molecule has 4 heteroatoms. The van der Waals surface area contributed by atoms with Crippen molar-refractivity contribution >= 4 is 16.9 Å². The molecule has 1 aromatic heterocycles. The Bertz CT molecular complexity index is 741. The maximum Gasteiger partial charge on any atom is 0.303 e. The summed E-state index contributed by atoms with van der Waals surface area (Å²) < 4.78 is 6.12. The molecule has 2 rings (SSSR count). The zero-order valence-electron chi connectivity index (χ0n) is 15.0. The Hall–Kier alpha value is -2.23. The fourth-order valence-electron chi connectivity index (χ4n) is 2.93. The lowest BCUT2D eigenvalue weighted by Crippen LogP contribution is -2.25. The minimum atomic E-state index is -0.774. The summed E-state index contributed by atoms with van der Waals surface area (Å²) in [5.74, 6) is 0.0518. The highest BCUT2D eigenvalue weighted by Gasteiger charge is 2.17. The largest absolute Gasteiger partial charge is 0.484 e. The van der Waals surface area contributed by atoms with Crippen molar-refractivity contribution in [2.24, 2.45) is 0 Å². The van der Waals surface area contributed by atoms with E-state index in [1.807, 2.05) is 26.0 Å². The Morgan fingerprint density at radius 3 is 2.71 bits per heavy atom. The number of carboxylic acid groups (broad SMARTS) is 1. The molecule has 0 aliphatic heterocycles. The van der Waals surface area contributed by atoms with Crippen molar-refractivity contribution < 1.29 is 14.6 Å². The standard InChI is InChI=1S/C20H27NO3/c1-5-7-12-20(3,4)24-14-8-9-18-16(13-14)15(6-2)17(21-18)10-11-19(22)23/h7-9,12-13,21H,5-6,10-11H2,1-4H3,(H,22,23)/b12-7-. The van der Waals surface area contributed by atoms with Gasteiger partial charge in [-0.3, -0.25) is 4.79 Å². The molecule has 24 heavy (non-hydrogen) atoms. The summed E-state index contributed by atoms with van der Waals surface area (Å²) in [7, 11) is 0. The molecule has 0 bridgehead atoms. The minimum Gasteiger partial charge on any atom is -0.484 e. The number of fused-ring (bicyclic) bond motifs is 1. The maximum atomic E-state index is 10.8. The maximum absolute atomic E-state index is 10.8. The number of ether oxygens (including phenoxy) is 1. The summed E-state index contributed by atoms with van der Waals surface area (Å²) in [4.78, 5) is 14.2. The van der Waals surface area contributed by atoms with Crippen LogP contribution in [0.3, 0.4) is 0 Å². The van der Waals surface area contributed by atoms with Crippen LogP contribution < -0.4 is 4.74 Å². The molecule has 0 amide bonds. The topological polar surface area (TPSA) is 62.3 Å². The van der Waals surface area contributed by atoms with E-state index in [1.165, 1.54) is 5.56 Å². The van der Waals surface area contributed by atoms with Crippen LogP contribution in [0.5, 0.6) is 5.75 Å². The highest BCUT2D eigenvalue weighted by molar-refractivity contribution is 5.86. The molecule has 1 aromatic carbocycles. The second-order valence-electron chi connectivity index (χ2n) is 6.55. The van der Waals surface area contributed by atoms with E-state index in [0.29, 0.717) is 6.42 Å². The van der Waals surface area contributed by atoms with Crippen molar-refractivity contribution in [3.63, 3.8) is 0 Å². The molecular weight excluding hydrogens is 302 g/mol. The van der Waals surface area contributed by atoms with Crippen molar-refractivity contribution in [2.75, 3.05) is 0 Å². The predicted molar refractivity (Wildman–Crippen MR) is 97.8 cm³/mol. The van der Waals surface area contributed by atoms with Crippen LogP contribution in [0, 0.1) is 0 Å². The average molecular weight is 329 g/mol. The van der Waals surface area contributed by atoms with Gasteiger partial charge in [0.05, 0.1) is 6.42 Å². The van der Waals surface area contributed by atoms with Crippen molar-refractivity contribution in [1.82, 2.24) is 4.98 Å². The second kappa shape index (κ2) is 7.56. The van der Waals surface area contributed by atoms with E-state index in [0.717, 1.165) is 35.2 Å². The van der Waals surface area contributed by atoms with Crippen LogP contribution in [0.25, 0.3) is 10.9 Å². The number of nitrogens with one attached hydrogen (secondary N) is 1. The van der Waals surface area contributed by atoms with E-state index in [1.54, 1.807) is 0 Å². The average Bonchev–Trinajstić information content (AvgIpc) is 2.87. The van der Waals surface area contributed by atoms with Crippen LogP contribution in [0.2, 0.25) is 0 Å². The first-order valence-electron chi connectivity index (χ1n) is 8.58. The SMILES string of the molecule is CC/C=C\C(C)(C)Oc1ccc2[nH]c(CCC(=O)O)c(CC)c2c1. The van der Waals surface area contributed by atoms with Crippen LogP contribution in [0.15, 0.2) is 30.4 Å². The number of aromatic nitrogens is 1. The lowest BCUT2D eigenvalue weighted by Gasteiger charge is -2.23. The zero-order valence-corrected chi connectivity index (χ0v) is 15.0. The van der Waals surface area contributed by atoms with Crippen LogP contribution >= 0.6 is 0 Å². The smallest absolute Gasteiger partial charge is 0.303 e. The quantitative estimate of drug-likeness (QED) is 0.679.